The number of anilines is 2. The van der Waals surface area contributed by atoms with E-state index in [1.54, 1.807) is 25.3 Å². The van der Waals surface area contributed by atoms with Crippen molar-refractivity contribution in [2.75, 3.05) is 25.3 Å². The van der Waals surface area contributed by atoms with Gasteiger partial charge in [0.1, 0.15) is 5.75 Å². The first kappa shape index (κ1) is 14.7. The van der Waals surface area contributed by atoms with Gasteiger partial charge in [-0.2, -0.15) is 0 Å². The maximum absolute atomic E-state index is 11.3. The van der Waals surface area contributed by atoms with Crippen LogP contribution in [0.5, 0.6) is 5.75 Å². The Morgan fingerprint density at radius 2 is 1.86 bits per heavy atom. The van der Waals surface area contributed by atoms with E-state index in [0.29, 0.717) is 17.8 Å². The largest absolute Gasteiger partial charge is 0.497 e. The summed E-state index contributed by atoms with van der Waals surface area (Å²) in [6, 6.07) is 12.7. The molecule has 0 radical (unpaired) electrons. The predicted molar refractivity (Wildman–Crippen MR) is 82.5 cm³/mol. The van der Waals surface area contributed by atoms with E-state index in [1.165, 1.54) is 7.11 Å². The van der Waals surface area contributed by atoms with Crippen LogP contribution in [0.3, 0.4) is 0 Å². The van der Waals surface area contributed by atoms with Crippen molar-refractivity contribution in [3.8, 4) is 5.75 Å². The summed E-state index contributed by atoms with van der Waals surface area (Å²) in [7, 11) is 2.97. The van der Waals surface area contributed by atoms with Gasteiger partial charge in [0.25, 0.3) is 0 Å². The van der Waals surface area contributed by atoms with Crippen molar-refractivity contribution >= 4 is 17.3 Å². The third kappa shape index (κ3) is 3.66. The monoisotopic (exact) mass is 286 g/mol. The average molecular weight is 286 g/mol. The van der Waals surface area contributed by atoms with Crippen LogP contribution in [0.4, 0.5) is 11.4 Å². The van der Waals surface area contributed by atoms with Crippen LogP contribution in [-0.2, 0) is 11.3 Å². The minimum absolute atomic E-state index is 0.346. The standard InChI is InChI=1S/C16H18N2O3/c1-20-14-8-5-12(15(17)9-14)10-18-13-6-3-11(4-7-13)16(19)21-2/h3-9,18H,10,17H2,1-2H3. The van der Waals surface area contributed by atoms with E-state index in [-0.39, 0.29) is 5.97 Å². The second kappa shape index (κ2) is 6.65. The number of carbonyl (C=O) groups is 1. The van der Waals surface area contributed by atoms with Crippen molar-refractivity contribution in [1.82, 2.24) is 0 Å². The van der Waals surface area contributed by atoms with Crippen LogP contribution in [0.25, 0.3) is 0 Å². The van der Waals surface area contributed by atoms with E-state index in [1.807, 2.05) is 24.3 Å². The lowest BCUT2D eigenvalue weighted by Crippen LogP contribution is -2.04. The molecule has 21 heavy (non-hydrogen) atoms. The molecule has 0 aromatic heterocycles. The van der Waals surface area contributed by atoms with Crippen LogP contribution >= 0.6 is 0 Å². The van der Waals surface area contributed by atoms with Gasteiger partial charge in [-0.05, 0) is 35.9 Å². The number of rotatable bonds is 5. The van der Waals surface area contributed by atoms with E-state index in [9.17, 15) is 4.79 Å². The summed E-state index contributed by atoms with van der Waals surface area (Å²) < 4.78 is 9.77. The molecular weight excluding hydrogens is 268 g/mol. The van der Waals surface area contributed by atoms with Crippen LogP contribution in [0.2, 0.25) is 0 Å². The molecular formula is C16H18N2O3. The van der Waals surface area contributed by atoms with Gasteiger partial charge in [0.2, 0.25) is 0 Å². The molecule has 0 heterocycles. The fourth-order valence-corrected chi connectivity index (χ4v) is 1.90. The van der Waals surface area contributed by atoms with Gasteiger partial charge in [-0.15, -0.1) is 0 Å². The van der Waals surface area contributed by atoms with Gasteiger partial charge in [-0.3, -0.25) is 0 Å². The number of hydrogen-bond acceptors (Lipinski definition) is 5. The summed E-state index contributed by atoms with van der Waals surface area (Å²) >= 11 is 0. The summed E-state index contributed by atoms with van der Waals surface area (Å²) in [6.45, 7) is 0.591. The van der Waals surface area contributed by atoms with Gasteiger partial charge in [0, 0.05) is 24.0 Å². The van der Waals surface area contributed by atoms with Crippen LogP contribution < -0.4 is 15.8 Å². The van der Waals surface area contributed by atoms with Gasteiger partial charge >= 0.3 is 5.97 Å². The zero-order chi connectivity index (χ0) is 15.2. The molecule has 0 unspecified atom stereocenters. The zero-order valence-corrected chi connectivity index (χ0v) is 12.1. The molecule has 2 aromatic carbocycles. The molecule has 0 aliphatic heterocycles. The summed E-state index contributed by atoms with van der Waals surface area (Å²) in [6.07, 6.45) is 0. The van der Waals surface area contributed by atoms with Crippen molar-refractivity contribution in [2.24, 2.45) is 0 Å². The fourth-order valence-electron chi connectivity index (χ4n) is 1.90. The number of nitrogens with two attached hydrogens (primary N) is 1. The van der Waals surface area contributed by atoms with Gasteiger partial charge in [-0.25, -0.2) is 4.79 Å². The highest BCUT2D eigenvalue weighted by Crippen LogP contribution is 2.21. The zero-order valence-electron chi connectivity index (χ0n) is 12.1. The summed E-state index contributed by atoms with van der Waals surface area (Å²) in [5.74, 6) is 0.389. The van der Waals surface area contributed by atoms with E-state index in [2.05, 4.69) is 10.1 Å². The Labute approximate surface area is 123 Å². The number of methoxy groups -OCH3 is 2. The fraction of sp³-hybridized carbons (Fsp3) is 0.188. The number of carbonyl (C=O) groups excluding carboxylic acids is 1. The number of esters is 1. The molecule has 0 aliphatic rings. The highest BCUT2D eigenvalue weighted by Gasteiger charge is 2.05. The lowest BCUT2D eigenvalue weighted by Gasteiger charge is -2.10. The van der Waals surface area contributed by atoms with E-state index >= 15 is 0 Å². The Hall–Kier alpha value is -2.69. The second-order valence-corrected chi connectivity index (χ2v) is 4.49. The minimum atomic E-state index is -0.346. The molecule has 0 saturated heterocycles. The second-order valence-electron chi connectivity index (χ2n) is 4.49. The van der Waals surface area contributed by atoms with Crippen LogP contribution in [0.1, 0.15) is 15.9 Å². The molecule has 0 spiro atoms. The number of benzene rings is 2. The molecule has 2 aromatic rings. The molecule has 0 saturated carbocycles. The Morgan fingerprint density at radius 1 is 1.14 bits per heavy atom. The molecule has 3 N–H and O–H groups in total. The van der Waals surface area contributed by atoms with Crippen molar-refractivity contribution in [2.45, 2.75) is 6.54 Å². The Balaban J connectivity index is 2.01. The van der Waals surface area contributed by atoms with Gasteiger partial charge in [0.05, 0.1) is 19.8 Å². The van der Waals surface area contributed by atoms with Crippen molar-refractivity contribution in [3.63, 3.8) is 0 Å². The molecule has 0 atom stereocenters. The first-order valence-electron chi connectivity index (χ1n) is 6.48. The van der Waals surface area contributed by atoms with E-state index in [0.717, 1.165) is 17.0 Å². The predicted octanol–water partition coefficient (Wildman–Crippen LogP) is 2.68. The molecule has 0 amide bonds. The van der Waals surface area contributed by atoms with Gasteiger partial charge < -0.3 is 20.5 Å². The Kier molecular flexibility index (Phi) is 4.66. The third-order valence-corrected chi connectivity index (χ3v) is 3.14. The first-order valence-corrected chi connectivity index (χ1v) is 6.48. The van der Waals surface area contributed by atoms with Crippen LogP contribution in [-0.4, -0.2) is 20.2 Å². The summed E-state index contributed by atoms with van der Waals surface area (Å²) in [5.41, 5.74) is 9.04. The minimum Gasteiger partial charge on any atom is -0.497 e. The molecule has 0 fully saturated rings. The van der Waals surface area contributed by atoms with Crippen molar-refractivity contribution in [3.05, 3.63) is 53.6 Å². The van der Waals surface area contributed by atoms with E-state index < -0.39 is 0 Å². The smallest absolute Gasteiger partial charge is 0.337 e. The maximum Gasteiger partial charge on any atom is 0.337 e. The SMILES string of the molecule is COC(=O)c1ccc(NCc2ccc(OC)cc2N)cc1. The number of nitrogens with one attached hydrogen (secondary N) is 1. The summed E-state index contributed by atoms with van der Waals surface area (Å²) in [4.78, 5) is 11.3. The molecule has 5 nitrogen and oxygen atoms in total. The van der Waals surface area contributed by atoms with Crippen LogP contribution in [0, 0.1) is 0 Å². The Morgan fingerprint density at radius 3 is 2.43 bits per heavy atom. The summed E-state index contributed by atoms with van der Waals surface area (Å²) in [5, 5.41) is 3.25. The average Bonchev–Trinajstić information content (AvgIpc) is 2.53. The first-order chi connectivity index (χ1) is 10.1. The number of hydrogen-bond donors (Lipinski definition) is 2. The maximum atomic E-state index is 11.3. The van der Waals surface area contributed by atoms with Crippen molar-refractivity contribution < 1.29 is 14.3 Å². The quantitative estimate of drug-likeness (QED) is 0.653. The number of ether oxygens (including phenoxy) is 2. The highest BCUT2D eigenvalue weighted by atomic mass is 16.5. The van der Waals surface area contributed by atoms with Gasteiger partial charge in [-0.1, -0.05) is 6.07 Å². The molecule has 0 aliphatic carbocycles. The van der Waals surface area contributed by atoms with Crippen molar-refractivity contribution in [1.29, 1.82) is 0 Å². The highest BCUT2D eigenvalue weighted by molar-refractivity contribution is 5.89. The molecule has 110 valence electrons. The number of nitrogen functional groups attached to an aromatic ring is 1. The third-order valence-electron chi connectivity index (χ3n) is 3.14. The molecule has 0 bridgehead atoms. The lowest BCUT2D eigenvalue weighted by molar-refractivity contribution is 0.0601. The Bertz CT molecular complexity index is 624. The molecule has 2 rings (SSSR count). The van der Waals surface area contributed by atoms with Crippen LogP contribution in [0.15, 0.2) is 42.5 Å². The van der Waals surface area contributed by atoms with E-state index in [4.69, 9.17) is 10.5 Å². The molecule has 5 heteroatoms. The van der Waals surface area contributed by atoms with Gasteiger partial charge in [0.15, 0.2) is 0 Å². The normalized spacial score (nSPS) is 10.0. The topological polar surface area (TPSA) is 73.6 Å². The lowest BCUT2D eigenvalue weighted by atomic mass is 10.1.